The molecule has 3 amide bonds. The van der Waals surface area contributed by atoms with Gasteiger partial charge in [0.15, 0.2) is 0 Å². The van der Waals surface area contributed by atoms with Crippen LogP contribution < -0.4 is 16.0 Å². The molecule has 0 saturated carbocycles. The summed E-state index contributed by atoms with van der Waals surface area (Å²) in [5.74, 6) is -1.59. The van der Waals surface area contributed by atoms with E-state index in [1.54, 1.807) is 24.3 Å². The second-order valence-electron chi connectivity index (χ2n) is 7.15. The maximum Gasteiger partial charge on any atom is 0.313 e. The Bertz CT molecular complexity index is 859. The van der Waals surface area contributed by atoms with Crippen LogP contribution in [0.5, 0.6) is 0 Å². The molecule has 152 valence electrons. The summed E-state index contributed by atoms with van der Waals surface area (Å²) < 4.78 is 5.49. The molecule has 7 heteroatoms. The van der Waals surface area contributed by atoms with Crippen molar-refractivity contribution in [2.45, 2.75) is 25.2 Å². The topological polar surface area (TPSA) is 96.5 Å². The summed E-state index contributed by atoms with van der Waals surface area (Å²) in [4.78, 5) is 35.7. The van der Waals surface area contributed by atoms with E-state index in [9.17, 15) is 14.4 Å². The van der Waals surface area contributed by atoms with Crippen LogP contribution in [0.1, 0.15) is 25.3 Å². The lowest BCUT2D eigenvalue weighted by Crippen LogP contribution is -2.47. The van der Waals surface area contributed by atoms with E-state index in [1.165, 1.54) is 6.92 Å². The third-order valence-electron chi connectivity index (χ3n) is 5.09. The van der Waals surface area contributed by atoms with Crippen LogP contribution in [0, 0.1) is 0 Å². The number of hydrogen-bond acceptors (Lipinski definition) is 4. The number of carbonyl (C=O) groups excluding carboxylic acids is 3. The van der Waals surface area contributed by atoms with Gasteiger partial charge in [0.1, 0.15) is 0 Å². The summed E-state index contributed by atoms with van der Waals surface area (Å²) in [6.07, 6.45) is 1.56. The van der Waals surface area contributed by atoms with Gasteiger partial charge in [0.2, 0.25) is 5.91 Å². The van der Waals surface area contributed by atoms with Gasteiger partial charge in [-0.25, -0.2) is 0 Å². The molecule has 0 spiro atoms. The monoisotopic (exact) mass is 395 g/mol. The third kappa shape index (κ3) is 5.42. The molecule has 1 fully saturated rings. The van der Waals surface area contributed by atoms with Gasteiger partial charge in [0, 0.05) is 43.5 Å². The van der Waals surface area contributed by atoms with Gasteiger partial charge >= 0.3 is 11.8 Å². The van der Waals surface area contributed by atoms with Crippen molar-refractivity contribution in [3.63, 3.8) is 0 Å². The number of ether oxygens (including phenoxy) is 1. The maximum atomic E-state index is 12.4. The fourth-order valence-electron chi connectivity index (χ4n) is 3.48. The Morgan fingerprint density at radius 2 is 1.45 bits per heavy atom. The quantitative estimate of drug-likeness (QED) is 0.678. The van der Waals surface area contributed by atoms with Gasteiger partial charge in [-0.05, 0) is 42.7 Å². The molecule has 0 atom stereocenters. The third-order valence-corrected chi connectivity index (χ3v) is 5.09. The Balaban J connectivity index is 1.60. The first kappa shape index (κ1) is 20.5. The Hall–Kier alpha value is -3.19. The number of anilines is 2. The Kier molecular flexibility index (Phi) is 6.61. The molecule has 1 aliphatic heterocycles. The van der Waals surface area contributed by atoms with Crippen LogP contribution in [-0.2, 0) is 24.5 Å². The average molecular weight is 395 g/mol. The average Bonchev–Trinajstić information content (AvgIpc) is 2.74. The van der Waals surface area contributed by atoms with Gasteiger partial charge in [0.05, 0.1) is 0 Å². The molecule has 0 bridgehead atoms. The number of rotatable bonds is 5. The molecule has 3 N–H and O–H groups in total. The minimum absolute atomic E-state index is 0.179. The molecular weight excluding hydrogens is 370 g/mol. The van der Waals surface area contributed by atoms with Gasteiger partial charge in [-0.1, -0.05) is 30.3 Å². The van der Waals surface area contributed by atoms with E-state index < -0.39 is 11.8 Å². The molecule has 3 rings (SSSR count). The molecule has 0 aliphatic carbocycles. The standard InChI is InChI=1S/C22H25N3O4/c1-16(26)24-18-7-9-19(10-8-18)25-21(28)20(27)23-15-22(11-13-29-14-12-22)17-5-3-2-4-6-17/h2-10H,11-15H2,1H3,(H,23,27)(H,24,26)(H,25,28). The summed E-state index contributed by atoms with van der Waals surface area (Å²) >= 11 is 0. The van der Waals surface area contributed by atoms with Crippen molar-refractivity contribution in [2.75, 3.05) is 30.4 Å². The smallest absolute Gasteiger partial charge is 0.313 e. The first-order chi connectivity index (χ1) is 14.0. The highest BCUT2D eigenvalue weighted by Gasteiger charge is 2.35. The zero-order valence-corrected chi connectivity index (χ0v) is 16.4. The van der Waals surface area contributed by atoms with Crippen molar-refractivity contribution in [3.05, 3.63) is 60.2 Å². The van der Waals surface area contributed by atoms with Gasteiger partial charge in [-0.3, -0.25) is 14.4 Å². The first-order valence-electron chi connectivity index (χ1n) is 9.59. The van der Waals surface area contributed by atoms with Gasteiger partial charge in [-0.15, -0.1) is 0 Å². The largest absolute Gasteiger partial charge is 0.381 e. The van der Waals surface area contributed by atoms with Crippen LogP contribution in [0.4, 0.5) is 11.4 Å². The van der Waals surface area contributed by atoms with Gasteiger partial charge in [-0.2, -0.15) is 0 Å². The maximum absolute atomic E-state index is 12.4. The van der Waals surface area contributed by atoms with Crippen LogP contribution >= 0.6 is 0 Å². The zero-order valence-electron chi connectivity index (χ0n) is 16.4. The molecule has 2 aromatic carbocycles. The van der Waals surface area contributed by atoms with E-state index in [2.05, 4.69) is 16.0 Å². The second-order valence-corrected chi connectivity index (χ2v) is 7.15. The molecule has 0 radical (unpaired) electrons. The van der Waals surface area contributed by atoms with Crippen LogP contribution in [0.2, 0.25) is 0 Å². The van der Waals surface area contributed by atoms with Crippen molar-refractivity contribution < 1.29 is 19.1 Å². The lowest BCUT2D eigenvalue weighted by Gasteiger charge is -2.37. The van der Waals surface area contributed by atoms with Crippen molar-refractivity contribution in [1.82, 2.24) is 5.32 Å². The molecule has 29 heavy (non-hydrogen) atoms. The SMILES string of the molecule is CC(=O)Nc1ccc(NC(=O)C(=O)NCC2(c3ccccc3)CCOCC2)cc1. The molecule has 1 aliphatic rings. The fraction of sp³-hybridized carbons (Fsp3) is 0.318. The number of benzene rings is 2. The number of nitrogens with one attached hydrogen (secondary N) is 3. The highest BCUT2D eigenvalue weighted by Crippen LogP contribution is 2.34. The van der Waals surface area contributed by atoms with Crippen LogP contribution in [0.25, 0.3) is 0 Å². The number of amides is 3. The lowest BCUT2D eigenvalue weighted by atomic mass is 9.74. The van der Waals surface area contributed by atoms with Crippen LogP contribution in [0.3, 0.4) is 0 Å². The molecule has 0 aromatic heterocycles. The van der Waals surface area contributed by atoms with Gasteiger partial charge < -0.3 is 20.7 Å². The Morgan fingerprint density at radius 3 is 2.03 bits per heavy atom. The van der Waals surface area contributed by atoms with Crippen LogP contribution in [-0.4, -0.2) is 37.5 Å². The highest BCUT2D eigenvalue weighted by atomic mass is 16.5. The van der Waals surface area contributed by atoms with E-state index in [4.69, 9.17) is 4.74 Å². The van der Waals surface area contributed by atoms with E-state index in [0.29, 0.717) is 31.1 Å². The van der Waals surface area contributed by atoms with Crippen molar-refractivity contribution in [1.29, 1.82) is 0 Å². The lowest BCUT2D eigenvalue weighted by molar-refractivity contribution is -0.136. The summed E-state index contributed by atoms with van der Waals surface area (Å²) in [5.41, 5.74) is 1.99. The molecule has 2 aromatic rings. The predicted molar refractivity (Wildman–Crippen MR) is 111 cm³/mol. The molecule has 0 unspecified atom stereocenters. The first-order valence-corrected chi connectivity index (χ1v) is 9.59. The summed E-state index contributed by atoms with van der Waals surface area (Å²) in [7, 11) is 0. The summed E-state index contributed by atoms with van der Waals surface area (Å²) in [6, 6.07) is 16.6. The minimum atomic E-state index is -0.729. The summed E-state index contributed by atoms with van der Waals surface area (Å²) in [6.45, 7) is 3.03. The van der Waals surface area contributed by atoms with E-state index in [0.717, 1.165) is 18.4 Å². The van der Waals surface area contributed by atoms with E-state index in [-0.39, 0.29) is 11.3 Å². The summed E-state index contributed by atoms with van der Waals surface area (Å²) in [5, 5.41) is 8.00. The molecule has 1 heterocycles. The molecular formula is C22H25N3O4. The zero-order chi connectivity index (χ0) is 20.7. The van der Waals surface area contributed by atoms with Crippen molar-refractivity contribution in [3.8, 4) is 0 Å². The molecule has 1 saturated heterocycles. The second kappa shape index (κ2) is 9.34. The van der Waals surface area contributed by atoms with E-state index in [1.807, 2.05) is 30.3 Å². The fourth-order valence-corrected chi connectivity index (χ4v) is 3.48. The minimum Gasteiger partial charge on any atom is -0.381 e. The van der Waals surface area contributed by atoms with E-state index >= 15 is 0 Å². The Morgan fingerprint density at radius 1 is 0.862 bits per heavy atom. The number of carbonyl (C=O) groups is 3. The van der Waals surface area contributed by atoms with Crippen molar-refractivity contribution >= 4 is 29.1 Å². The normalized spacial score (nSPS) is 15.2. The van der Waals surface area contributed by atoms with Gasteiger partial charge in [0.25, 0.3) is 0 Å². The number of hydrogen-bond donors (Lipinski definition) is 3. The van der Waals surface area contributed by atoms with Crippen molar-refractivity contribution in [2.24, 2.45) is 0 Å². The highest BCUT2D eigenvalue weighted by molar-refractivity contribution is 6.39. The Labute approximate surface area is 169 Å². The predicted octanol–water partition coefficient (Wildman–Crippen LogP) is 2.45. The van der Waals surface area contributed by atoms with Crippen LogP contribution in [0.15, 0.2) is 54.6 Å². The molecule has 7 nitrogen and oxygen atoms in total.